The van der Waals surface area contributed by atoms with Crippen LogP contribution in [0.25, 0.3) is 0 Å². The number of hydrogen-bond donors (Lipinski definition) is 2. The van der Waals surface area contributed by atoms with E-state index >= 15 is 0 Å². The monoisotopic (exact) mass is 307 g/mol. The summed E-state index contributed by atoms with van der Waals surface area (Å²) in [5.74, 6) is 5.83. The highest BCUT2D eigenvalue weighted by Crippen LogP contribution is 2.37. The van der Waals surface area contributed by atoms with E-state index in [2.05, 4.69) is 17.2 Å². The Morgan fingerprint density at radius 2 is 2.38 bits per heavy atom. The van der Waals surface area contributed by atoms with Crippen molar-refractivity contribution in [1.29, 1.82) is 0 Å². The molecule has 3 nitrogen and oxygen atoms in total. The van der Waals surface area contributed by atoms with Crippen molar-refractivity contribution in [3.8, 4) is 11.8 Å². The van der Waals surface area contributed by atoms with Crippen LogP contribution in [0, 0.1) is 17.7 Å². The predicted molar refractivity (Wildman–Crippen MR) is 82.3 cm³/mol. The zero-order valence-corrected chi connectivity index (χ0v) is 12.7. The van der Waals surface area contributed by atoms with E-state index in [1.807, 2.05) is 6.92 Å². The van der Waals surface area contributed by atoms with Crippen LogP contribution in [0.5, 0.6) is 0 Å². The Morgan fingerprint density at radius 3 is 3.05 bits per heavy atom. The number of halogens is 1. The Morgan fingerprint density at radius 1 is 1.57 bits per heavy atom. The molecule has 112 valence electrons. The lowest BCUT2D eigenvalue weighted by Crippen LogP contribution is -2.40. The lowest BCUT2D eigenvalue weighted by Gasteiger charge is -2.21. The van der Waals surface area contributed by atoms with Crippen LogP contribution >= 0.6 is 11.8 Å². The summed E-state index contributed by atoms with van der Waals surface area (Å²) in [4.78, 5) is 12.2. The van der Waals surface area contributed by atoms with Gasteiger partial charge in [-0.05, 0) is 43.7 Å². The third-order valence-electron chi connectivity index (χ3n) is 3.50. The van der Waals surface area contributed by atoms with Gasteiger partial charge in [0.15, 0.2) is 0 Å². The molecule has 1 unspecified atom stereocenters. The molecule has 2 rings (SSSR count). The first-order chi connectivity index (χ1) is 10.0. The molecule has 0 aromatic heterocycles. The number of nitrogens with one attached hydrogen (secondary N) is 1. The van der Waals surface area contributed by atoms with Crippen molar-refractivity contribution in [3.05, 3.63) is 35.1 Å². The summed E-state index contributed by atoms with van der Waals surface area (Å²) in [6.45, 7) is 1.84. The molecule has 0 bridgehead atoms. The molecule has 1 aliphatic rings. The number of amides is 1. The van der Waals surface area contributed by atoms with Crippen LogP contribution in [0.15, 0.2) is 18.2 Å². The van der Waals surface area contributed by atoms with Crippen LogP contribution < -0.4 is 5.32 Å². The Balaban J connectivity index is 2.04. The lowest BCUT2D eigenvalue weighted by atomic mass is 10.0. The lowest BCUT2D eigenvalue weighted by molar-refractivity contribution is -0.123. The summed E-state index contributed by atoms with van der Waals surface area (Å²) < 4.78 is 13.4. The van der Waals surface area contributed by atoms with Gasteiger partial charge in [-0.1, -0.05) is 11.8 Å². The highest BCUT2D eigenvalue weighted by atomic mass is 32.2. The van der Waals surface area contributed by atoms with Gasteiger partial charge in [0.2, 0.25) is 5.91 Å². The highest BCUT2D eigenvalue weighted by molar-refractivity contribution is 8.01. The van der Waals surface area contributed by atoms with Crippen molar-refractivity contribution in [2.75, 3.05) is 12.4 Å². The molecule has 0 radical (unpaired) electrons. The number of carbonyl (C=O) groups excluding carboxylic acids is 1. The molecule has 1 atom stereocenters. The van der Waals surface area contributed by atoms with Gasteiger partial charge in [0, 0.05) is 17.7 Å². The Kier molecular flexibility index (Phi) is 5.27. The second-order valence-corrected chi connectivity index (χ2v) is 6.73. The van der Waals surface area contributed by atoms with Gasteiger partial charge in [-0.15, -0.1) is 11.8 Å². The summed E-state index contributed by atoms with van der Waals surface area (Å²) in [5, 5.41) is 11.5. The summed E-state index contributed by atoms with van der Waals surface area (Å²) in [7, 11) is 0. The molecule has 0 saturated carbocycles. The van der Waals surface area contributed by atoms with E-state index < -0.39 is 4.75 Å². The van der Waals surface area contributed by atoms with Gasteiger partial charge < -0.3 is 10.4 Å². The summed E-state index contributed by atoms with van der Waals surface area (Å²) in [6, 6.07) is 4.48. The van der Waals surface area contributed by atoms with E-state index in [0.717, 1.165) is 18.6 Å². The molecular formula is C16H18FNO2S. The minimum absolute atomic E-state index is 0.0451. The Bertz CT molecular complexity index is 586. The second-order valence-electron chi connectivity index (χ2n) is 5.13. The standard InChI is InChI=1S/C16H18FNO2S/c1-16(7-3-9-21-16)15(20)18-11-13-10-12(4-2-8-19)5-6-14(13)17/h5-6,10,19H,3,7-9,11H2,1H3,(H,18,20). The summed E-state index contributed by atoms with van der Waals surface area (Å²) in [5.41, 5.74) is 1.02. The van der Waals surface area contributed by atoms with Gasteiger partial charge >= 0.3 is 0 Å². The number of aliphatic hydroxyl groups excluding tert-OH is 1. The van der Waals surface area contributed by atoms with Gasteiger partial charge in [0.1, 0.15) is 12.4 Å². The molecule has 5 heteroatoms. The largest absolute Gasteiger partial charge is 0.384 e. The Labute approximate surface area is 128 Å². The van der Waals surface area contributed by atoms with Crippen LogP contribution in [0.2, 0.25) is 0 Å². The quantitative estimate of drug-likeness (QED) is 0.841. The third-order valence-corrected chi connectivity index (χ3v) is 5.02. The molecule has 0 spiro atoms. The first-order valence-electron chi connectivity index (χ1n) is 6.85. The minimum Gasteiger partial charge on any atom is -0.384 e. The third kappa shape index (κ3) is 3.99. The van der Waals surface area contributed by atoms with E-state index in [4.69, 9.17) is 5.11 Å². The van der Waals surface area contributed by atoms with Crippen molar-refractivity contribution >= 4 is 17.7 Å². The van der Waals surface area contributed by atoms with Crippen LogP contribution in [0.1, 0.15) is 30.9 Å². The van der Waals surface area contributed by atoms with E-state index in [1.54, 1.807) is 23.9 Å². The number of benzene rings is 1. The molecule has 21 heavy (non-hydrogen) atoms. The molecule has 2 N–H and O–H groups in total. The van der Waals surface area contributed by atoms with Crippen molar-refractivity contribution in [1.82, 2.24) is 5.32 Å². The maximum Gasteiger partial charge on any atom is 0.236 e. The highest BCUT2D eigenvalue weighted by Gasteiger charge is 2.36. The van der Waals surface area contributed by atoms with Crippen molar-refractivity contribution in [2.45, 2.75) is 31.1 Å². The number of thioether (sulfide) groups is 1. The Hall–Kier alpha value is -1.51. The molecule has 1 amide bonds. The smallest absolute Gasteiger partial charge is 0.236 e. The van der Waals surface area contributed by atoms with E-state index in [-0.39, 0.29) is 24.9 Å². The molecule has 1 saturated heterocycles. The number of rotatable bonds is 3. The number of aliphatic hydroxyl groups is 1. The fraction of sp³-hybridized carbons (Fsp3) is 0.438. The normalized spacial score (nSPS) is 20.7. The first kappa shape index (κ1) is 15.9. The zero-order chi connectivity index (χ0) is 15.3. The number of carbonyl (C=O) groups is 1. The van der Waals surface area contributed by atoms with Gasteiger partial charge in [0.05, 0.1) is 4.75 Å². The summed E-state index contributed by atoms with van der Waals surface area (Å²) in [6.07, 6.45) is 1.89. The fourth-order valence-electron chi connectivity index (χ4n) is 2.25. The molecule has 1 aromatic rings. The van der Waals surface area contributed by atoms with Crippen molar-refractivity contribution in [2.24, 2.45) is 0 Å². The van der Waals surface area contributed by atoms with Gasteiger partial charge in [-0.3, -0.25) is 4.79 Å². The molecule has 1 fully saturated rings. The topological polar surface area (TPSA) is 49.3 Å². The SMILES string of the molecule is CC1(C(=O)NCc2cc(C#CCO)ccc2F)CCCS1. The average Bonchev–Trinajstić information content (AvgIpc) is 2.93. The van der Waals surface area contributed by atoms with E-state index in [1.165, 1.54) is 6.07 Å². The minimum atomic E-state index is -0.398. The van der Waals surface area contributed by atoms with E-state index in [9.17, 15) is 9.18 Å². The van der Waals surface area contributed by atoms with Gasteiger partial charge in [0.25, 0.3) is 0 Å². The van der Waals surface area contributed by atoms with Crippen LogP contribution in [0.3, 0.4) is 0 Å². The second kappa shape index (κ2) is 6.97. The molecule has 1 heterocycles. The van der Waals surface area contributed by atoms with Crippen molar-refractivity contribution < 1.29 is 14.3 Å². The van der Waals surface area contributed by atoms with Gasteiger partial charge in [-0.25, -0.2) is 4.39 Å². The number of hydrogen-bond acceptors (Lipinski definition) is 3. The van der Waals surface area contributed by atoms with Crippen LogP contribution in [-0.4, -0.2) is 28.1 Å². The van der Waals surface area contributed by atoms with Crippen molar-refractivity contribution in [3.63, 3.8) is 0 Å². The average molecular weight is 307 g/mol. The zero-order valence-electron chi connectivity index (χ0n) is 11.9. The van der Waals surface area contributed by atoms with Crippen LogP contribution in [-0.2, 0) is 11.3 Å². The molecular weight excluding hydrogens is 289 g/mol. The maximum atomic E-state index is 13.8. The summed E-state index contributed by atoms with van der Waals surface area (Å²) >= 11 is 1.65. The molecule has 0 aliphatic carbocycles. The van der Waals surface area contributed by atoms with Crippen LogP contribution in [0.4, 0.5) is 4.39 Å². The maximum absolute atomic E-state index is 13.8. The predicted octanol–water partition coefficient (Wildman–Crippen LogP) is 2.07. The van der Waals surface area contributed by atoms with Gasteiger partial charge in [-0.2, -0.15) is 0 Å². The first-order valence-corrected chi connectivity index (χ1v) is 7.84. The van der Waals surface area contributed by atoms with E-state index in [0.29, 0.717) is 11.1 Å². The fourth-order valence-corrected chi connectivity index (χ4v) is 3.48. The molecule has 1 aliphatic heterocycles. The molecule has 1 aromatic carbocycles.